The first kappa shape index (κ1) is 12.9. The van der Waals surface area contributed by atoms with Crippen LogP contribution in [0.25, 0.3) is 0 Å². The number of carbonyl (C=O) groups excluding carboxylic acids is 1. The first-order valence-electron chi connectivity index (χ1n) is 5.07. The Balaban J connectivity index is 2.94. The van der Waals surface area contributed by atoms with Crippen LogP contribution in [-0.2, 0) is 4.79 Å². The lowest BCUT2D eigenvalue weighted by Crippen LogP contribution is -2.06. The number of aliphatic imine (C=N–C) groups is 1. The third-order valence-corrected chi connectivity index (χ3v) is 2.67. The summed E-state index contributed by atoms with van der Waals surface area (Å²) in [5, 5.41) is 0. The second-order valence-electron chi connectivity index (χ2n) is 3.75. The highest BCUT2D eigenvalue weighted by Gasteiger charge is 2.08. The van der Waals surface area contributed by atoms with Crippen LogP contribution in [-0.4, -0.2) is 12.2 Å². The average Bonchev–Trinajstić information content (AvgIpc) is 2.20. The Morgan fingerprint density at radius 2 is 2.06 bits per heavy atom. The van der Waals surface area contributed by atoms with E-state index in [-0.39, 0.29) is 12.1 Å². The molecule has 0 amide bonds. The van der Waals surface area contributed by atoms with E-state index in [2.05, 4.69) is 20.9 Å². The molecule has 0 aromatic heterocycles. The molecule has 1 rings (SSSR count). The molecule has 0 aliphatic carbocycles. The molecule has 0 aliphatic rings. The van der Waals surface area contributed by atoms with Gasteiger partial charge in [0.05, 0.1) is 16.6 Å². The van der Waals surface area contributed by atoms with Crippen molar-refractivity contribution < 1.29 is 9.53 Å². The van der Waals surface area contributed by atoms with Gasteiger partial charge in [-0.05, 0) is 54.4 Å². The van der Waals surface area contributed by atoms with Gasteiger partial charge in [-0.1, -0.05) is 6.07 Å². The Morgan fingerprint density at radius 1 is 1.38 bits per heavy atom. The van der Waals surface area contributed by atoms with Crippen LogP contribution in [0, 0.1) is 0 Å². The molecule has 16 heavy (non-hydrogen) atoms. The molecule has 1 aromatic rings. The second kappa shape index (κ2) is 5.83. The summed E-state index contributed by atoms with van der Waals surface area (Å²) in [6, 6.07) is 5.50. The summed E-state index contributed by atoms with van der Waals surface area (Å²) in [5.41, 5.74) is 0.950. The van der Waals surface area contributed by atoms with E-state index >= 15 is 0 Å². The summed E-state index contributed by atoms with van der Waals surface area (Å²) in [6.07, 6.45) is 1.69. The Labute approximate surface area is 104 Å². The molecule has 1 unspecified atom stereocenters. The molecule has 0 heterocycles. The minimum Gasteiger partial charge on any atom is -0.490 e. The van der Waals surface area contributed by atoms with Gasteiger partial charge in [0, 0.05) is 0 Å². The summed E-state index contributed by atoms with van der Waals surface area (Å²) < 4.78 is 6.45. The monoisotopic (exact) mass is 283 g/mol. The molecule has 4 heteroatoms. The van der Waals surface area contributed by atoms with Crippen molar-refractivity contribution in [2.45, 2.75) is 32.9 Å². The van der Waals surface area contributed by atoms with Crippen LogP contribution in [0.4, 0.5) is 0 Å². The Hall–Kier alpha value is -1.12. The van der Waals surface area contributed by atoms with Gasteiger partial charge < -0.3 is 4.74 Å². The van der Waals surface area contributed by atoms with E-state index in [1.807, 2.05) is 39.0 Å². The maximum Gasteiger partial charge on any atom is 0.235 e. The molecule has 0 saturated carbocycles. The van der Waals surface area contributed by atoms with Gasteiger partial charge in [0.1, 0.15) is 5.75 Å². The minimum atomic E-state index is -0.179. The van der Waals surface area contributed by atoms with E-state index in [4.69, 9.17) is 4.74 Å². The number of rotatable bonds is 4. The van der Waals surface area contributed by atoms with Gasteiger partial charge in [0.2, 0.25) is 6.08 Å². The summed E-state index contributed by atoms with van der Waals surface area (Å²) in [6.45, 7) is 5.79. The fourth-order valence-electron chi connectivity index (χ4n) is 1.28. The molecule has 1 aromatic carbocycles. The van der Waals surface area contributed by atoms with Gasteiger partial charge in [0.15, 0.2) is 0 Å². The molecule has 0 fully saturated rings. The molecular formula is C12H14BrNO2. The number of isocyanates is 1. The number of ether oxygens (including phenoxy) is 1. The largest absolute Gasteiger partial charge is 0.490 e. The standard InChI is InChI=1S/C12H14BrNO2/c1-8(2)16-12-5-4-10(6-11(12)13)9(3)14-7-15/h4-6,8-9H,1-3H3. The van der Waals surface area contributed by atoms with Crippen LogP contribution >= 0.6 is 15.9 Å². The summed E-state index contributed by atoms with van der Waals surface area (Å²) >= 11 is 3.43. The van der Waals surface area contributed by atoms with E-state index < -0.39 is 0 Å². The number of hydrogen-bond donors (Lipinski definition) is 0. The zero-order valence-electron chi connectivity index (χ0n) is 9.53. The van der Waals surface area contributed by atoms with Crippen LogP contribution in [0.3, 0.4) is 0 Å². The Kier molecular flexibility index (Phi) is 4.71. The van der Waals surface area contributed by atoms with Gasteiger partial charge in [-0.15, -0.1) is 0 Å². The fourth-order valence-corrected chi connectivity index (χ4v) is 1.77. The molecular weight excluding hydrogens is 270 g/mol. The maximum absolute atomic E-state index is 10.2. The minimum absolute atomic E-state index is 0.132. The smallest absolute Gasteiger partial charge is 0.235 e. The average molecular weight is 284 g/mol. The number of nitrogens with zero attached hydrogens (tertiary/aromatic N) is 1. The Morgan fingerprint density at radius 3 is 2.56 bits per heavy atom. The van der Waals surface area contributed by atoms with E-state index in [1.165, 1.54) is 0 Å². The third-order valence-electron chi connectivity index (χ3n) is 2.05. The van der Waals surface area contributed by atoms with Crippen molar-refractivity contribution in [3.8, 4) is 5.75 Å². The quantitative estimate of drug-likeness (QED) is 0.625. The number of hydrogen-bond acceptors (Lipinski definition) is 3. The van der Waals surface area contributed by atoms with Crippen molar-refractivity contribution in [2.24, 2.45) is 4.99 Å². The van der Waals surface area contributed by atoms with Gasteiger partial charge in [0.25, 0.3) is 0 Å². The highest BCUT2D eigenvalue weighted by atomic mass is 79.9. The first-order valence-corrected chi connectivity index (χ1v) is 5.87. The lowest BCUT2D eigenvalue weighted by Gasteiger charge is -2.13. The van der Waals surface area contributed by atoms with Crippen LogP contribution in [0.15, 0.2) is 27.7 Å². The molecule has 0 radical (unpaired) electrons. The zero-order chi connectivity index (χ0) is 12.1. The van der Waals surface area contributed by atoms with Crippen LogP contribution < -0.4 is 4.74 Å². The summed E-state index contributed by atoms with van der Waals surface area (Å²) in [5.74, 6) is 0.793. The van der Waals surface area contributed by atoms with Crippen molar-refractivity contribution in [1.82, 2.24) is 0 Å². The molecule has 0 N–H and O–H groups in total. The molecule has 0 spiro atoms. The molecule has 0 aliphatic heterocycles. The van der Waals surface area contributed by atoms with Crippen molar-refractivity contribution in [3.05, 3.63) is 28.2 Å². The van der Waals surface area contributed by atoms with Gasteiger partial charge in [-0.3, -0.25) is 0 Å². The molecule has 1 atom stereocenters. The Bertz CT molecular complexity index is 411. The lowest BCUT2D eigenvalue weighted by molar-refractivity contribution is 0.241. The SMILES string of the molecule is CC(C)Oc1ccc(C(C)N=C=O)cc1Br. The highest BCUT2D eigenvalue weighted by Crippen LogP contribution is 2.29. The number of benzene rings is 1. The third kappa shape index (κ3) is 3.47. The highest BCUT2D eigenvalue weighted by molar-refractivity contribution is 9.10. The normalized spacial score (nSPS) is 12.1. The lowest BCUT2D eigenvalue weighted by atomic mass is 10.1. The maximum atomic E-state index is 10.2. The van der Waals surface area contributed by atoms with Crippen LogP contribution in [0.2, 0.25) is 0 Å². The van der Waals surface area contributed by atoms with E-state index in [0.717, 1.165) is 15.8 Å². The predicted octanol–water partition coefficient (Wildman–Crippen LogP) is 3.63. The van der Waals surface area contributed by atoms with Crippen molar-refractivity contribution in [1.29, 1.82) is 0 Å². The zero-order valence-corrected chi connectivity index (χ0v) is 11.1. The van der Waals surface area contributed by atoms with E-state index in [1.54, 1.807) is 6.08 Å². The summed E-state index contributed by atoms with van der Waals surface area (Å²) in [7, 11) is 0. The topological polar surface area (TPSA) is 38.7 Å². The number of halogens is 1. The van der Waals surface area contributed by atoms with Gasteiger partial charge in [-0.25, -0.2) is 4.79 Å². The van der Waals surface area contributed by atoms with Crippen molar-refractivity contribution in [3.63, 3.8) is 0 Å². The van der Waals surface area contributed by atoms with Gasteiger partial charge in [-0.2, -0.15) is 4.99 Å². The van der Waals surface area contributed by atoms with Crippen LogP contribution in [0.5, 0.6) is 5.75 Å². The van der Waals surface area contributed by atoms with Crippen molar-refractivity contribution in [2.75, 3.05) is 0 Å². The summed E-state index contributed by atoms with van der Waals surface area (Å²) in [4.78, 5) is 13.8. The predicted molar refractivity (Wildman–Crippen MR) is 66.4 cm³/mol. The first-order chi connectivity index (χ1) is 7.54. The second-order valence-corrected chi connectivity index (χ2v) is 4.61. The van der Waals surface area contributed by atoms with E-state index in [9.17, 15) is 4.79 Å². The van der Waals surface area contributed by atoms with Gasteiger partial charge >= 0.3 is 0 Å². The van der Waals surface area contributed by atoms with E-state index in [0.29, 0.717) is 0 Å². The molecule has 0 saturated heterocycles. The molecule has 86 valence electrons. The van der Waals surface area contributed by atoms with Crippen LogP contribution in [0.1, 0.15) is 32.4 Å². The van der Waals surface area contributed by atoms with Crippen molar-refractivity contribution >= 4 is 22.0 Å². The molecule has 3 nitrogen and oxygen atoms in total. The fraction of sp³-hybridized carbons (Fsp3) is 0.417. The molecule has 0 bridgehead atoms.